The molecule has 3 aromatic carbocycles. The summed E-state index contributed by atoms with van der Waals surface area (Å²) < 4.78 is 37.5. The quantitative estimate of drug-likeness (QED) is 0.443. The summed E-state index contributed by atoms with van der Waals surface area (Å²) in [4.78, 5) is 24.1. The highest BCUT2D eigenvalue weighted by molar-refractivity contribution is 7.92. The van der Waals surface area contributed by atoms with Crippen molar-refractivity contribution in [3.05, 3.63) is 90.0 Å². The molecule has 0 saturated carbocycles. The molecule has 0 saturated heterocycles. The Morgan fingerprint density at radius 2 is 1.55 bits per heavy atom. The maximum atomic E-state index is 12.4. The molecule has 0 aliphatic carbocycles. The lowest BCUT2D eigenvalue weighted by Gasteiger charge is -2.09. The highest BCUT2D eigenvalue weighted by Gasteiger charge is 2.16. The first-order valence-electron chi connectivity index (χ1n) is 10.1. The van der Waals surface area contributed by atoms with Crippen molar-refractivity contribution in [2.75, 3.05) is 25.0 Å². The summed E-state index contributed by atoms with van der Waals surface area (Å²) in [6.45, 7) is -0.0409. The molecule has 1 amide bonds. The average Bonchev–Trinajstić information content (AvgIpc) is 2.83. The van der Waals surface area contributed by atoms with Crippen molar-refractivity contribution in [3.8, 4) is 5.75 Å². The summed E-state index contributed by atoms with van der Waals surface area (Å²) in [6.07, 6.45) is 0.622. The topological polar surface area (TPSA) is 111 Å². The second kappa shape index (κ2) is 11.1. The molecule has 0 heterocycles. The van der Waals surface area contributed by atoms with Crippen LogP contribution in [0, 0.1) is 0 Å². The van der Waals surface area contributed by atoms with Gasteiger partial charge in [-0.3, -0.25) is 9.52 Å². The highest BCUT2D eigenvalue weighted by Crippen LogP contribution is 2.17. The molecule has 0 radical (unpaired) electrons. The van der Waals surface area contributed by atoms with Crippen molar-refractivity contribution in [1.82, 2.24) is 5.32 Å². The molecule has 9 heteroatoms. The van der Waals surface area contributed by atoms with E-state index in [0.717, 1.165) is 11.3 Å². The van der Waals surface area contributed by atoms with Crippen LogP contribution in [0.25, 0.3) is 0 Å². The molecule has 0 fully saturated rings. The molecular weight excluding hydrogens is 444 g/mol. The first-order valence-corrected chi connectivity index (χ1v) is 11.6. The summed E-state index contributed by atoms with van der Waals surface area (Å²) in [5.41, 5.74) is 1.60. The largest absolute Gasteiger partial charge is 0.497 e. The summed E-state index contributed by atoms with van der Waals surface area (Å²) in [6, 6.07) is 21.2. The van der Waals surface area contributed by atoms with E-state index in [2.05, 4.69) is 10.0 Å². The number of ether oxygens (including phenoxy) is 2. The van der Waals surface area contributed by atoms with Crippen LogP contribution >= 0.6 is 0 Å². The van der Waals surface area contributed by atoms with E-state index in [9.17, 15) is 18.0 Å². The predicted octanol–water partition coefficient (Wildman–Crippen LogP) is 3.01. The van der Waals surface area contributed by atoms with Gasteiger partial charge in [0.2, 0.25) is 0 Å². The molecule has 0 aliphatic heterocycles. The van der Waals surface area contributed by atoms with Crippen LogP contribution in [0.4, 0.5) is 5.69 Å². The van der Waals surface area contributed by atoms with Gasteiger partial charge in [-0.1, -0.05) is 30.3 Å². The minimum Gasteiger partial charge on any atom is -0.497 e. The third kappa shape index (κ3) is 7.08. The Morgan fingerprint density at radius 3 is 2.18 bits per heavy atom. The van der Waals surface area contributed by atoms with Crippen LogP contribution in [0.5, 0.6) is 5.75 Å². The van der Waals surface area contributed by atoms with Crippen molar-refractivity contribution in [2.24, 2.45) is 0 Å². The Bertz CT molecular complexity index is 1180. The minimum absolute atomic E-state index is 0.000761. The number of para-hydroxylation sites is 1. The van der Waals surface area contributed by atoms with Crippen LogP contribution in [0.15, 0.2) is 83.8 Å². The number of rotatable bonds is 10. The van der Waals surface area contributed by atoms with Gasteiger partial charge in [0.25, 0.3) is 15.9 Å². The molecule has 3 rings (SSSR count). The average molecular weight is 469 g/mol. The molecule has 3 aromatic rings. The third-order valence-electron chi connectivity index (χ3n) is 4.66. The zero-order valence-electron chi connectivity index (χ0n) is 18.0. The van der Waals surface area contributed by atoms with Gasteiger partial charge in [0.1, 0.15) is 5.75 Å². The number of amides is 1. The zero-order chi connectivity index (χ0) is 23.7. The Labute approximate surface area is 192 Å². The first kappa shape index (κ1) is 23.8. The predicted molar refractivity (Wildman–Crippen MR) is 124 cm³/mol. The van der Waals surface area contributed by atoms with Crippen LogP contribution in [0.1, 0.15) is 15.9 Å². The fraction of sp³-hybridized carbons (Fsp3) is 0.167. The molecule has 172 valence electrons. The first-order chi connectivity index (χ1) is 15.9. The maximum absolute atomic E-state index is 12.4. The van der Waals surface area contributed by atoms with E-state index < -0.39 is 28.5 Å². The molecule has 0 atom stereocenters. The molecule has 0 aliphatic rings. The number of methoxy groups -OCH3 is 1. The fourth-order valence-electron chi connectivity index (χ4n) is 2.89. The van der Waals surface area contributed by atoms with Crippen molar-refractivity contribution < 1.29 is 27.5 Å². The SMILES string of the molecule is COc1ccc(CCNC(=O)COC(=O)c2ccc(S(=O)(=O)Nc3ccccc3)cc2)cc1. The van der Waals surface area contributed by atoms with Gasteiger partial charge in [0.15, 0.2) is 6.61 Å². The lowest BCUT2D eigenvalue weighted by molar-refractivity contribution is -0.124. The number of carbonyl (C=O) groups is 2. The number of hydrogen-bond donors (Lipinski definition) is 2. The third-order valence-corrected chi connectivity index (χ3v) is 6.05. The van der Waals surface area contributed by atoms with E-state index in [1.165, 1.54) is 24.3 Å². The van der Waals surface area contributed by atoms with Crippen LogP contribution in [-0.2, 0) is 26.0 Å². The number of hydrogen-bond acceptors (Lipinski definition) is 6. The maximum Gasteiger partial charge on any atom is 0.338 e. The molecule has 33 heavy (non-hydrogen) atoms. The summed E-state index contributed by atoms with van der Waals surface area (Å²) in [5, 5.41) is 2.68. The van der Waals surface area contributed by atoms with Gasteiger partial charge in [0.05, 0.1) is 17.6 Å². The van der Waals surface area contributed by atoms with Crippen molar-refractivity contribution >= 4 is 27.6 Å². The number of sulfonamides is 1. The van der Waals surface area contributed by atoms with Crippen molar-refractivity contribution in [3.63, 3.8) is 0 Å². The van der Waals surface area contributed by atoms with Crippen LogP contribution in [0.3, 0.4) is 0 Å². The van der Waals surface area contributed by atoms with E-state index in [0.29, 0.717) is 18.7 Å². The van der Waals surface area contributed by atoms with E-state index in [4.69, 9.17) is 9.47 Å². The van der Waals surface area contributed by atoms with Crippen molar-refractivity contribution in [2.45, 2.75) is 11.3 Å². The summed E-state index contributed by atoms with van der Waals surface area (Å²) >= 11 is 0. The van der Waals surface area contributed by atoms with E-state index in [-0.39, 0.29) is 10.5 Å². The van der Waals surface area contributed by atoms with Gasteiger partial charge in [0, 0.05) is 12.2 Å². The summed E-state index contributed by atoms with van der Waals surface area (Å²) in [7, 11) is -2.20. The standard InChI is InChI=1S/C24H24N2O6S/c1-31-21-11-7-18(8-12-21)15-16-25-23(27)17-32-24(28)19-9-13-22(14-10-19)33(29,30)26-20-5-3-2-4-6-20/h2-14,26H,15-17H2,1H3,(H,25,27). The normalized spacial score (nSPS) is 10.8. The smallest absolute Gasteiger partial charge is 0.338 e. The number of esters is 1. The molecular formula is C24H24N2O6S. The number of nitrogens with one attached hydrogen (secondary N) is 2. The van der Waals surface area contributed by atoms with E-state index in [1.54, 1.807) is 37.4 Å². The van der Waals surface area contributed by atoms with E-state index in [1.807, 2.05) is 24.3 Å². The number of anilines is 1. The highest BCUT2D eigenvalue weighted by atomic mass is 32.2. The lowest BCUT2D eigenvalue weighted by Crippen LogP contribution is -2.30. The Balaban J connectivity index is 1.45. The minimum atomic E-state index is -3.79. The molecule has 0 unspecified atom stereocenters. The van der Waals surface area contributed by atoms with Crippen LogP contribution < -0.4 is 14.8 Å². The Hall–Kier alpha value is -3.85. The molecule has 0 bridgehead atoms. The van der Waals surface area contributed by atoms with Crippen LogP contribution in [-0.4, -0.2) is 40.6 Å². The van der Waals surface area contributed by atoms with Crippen LogP contribution in [0.2, 0.25) is 0 Å². The molecule has 0 aromatic heterocycles. The Kier molecular flexibility index (Phi) is 8.04. The number of carbonyl (C=O) groups excluding carboxylic acids is 2. The lowest BCUT2D eigenvalue weighted by atomic mass is 10.1. The van der Waals surface area contributed by atoms with Gasteiger partial charge in [-0.2, -0.15) is 0 Å². The fourth-order valence-corrected chi connectivity index (χ4v) is 3.95. The molecule has 0 spiro atoms. The molecule has 8 nitrogen and oxygen atoms in total. The summed E-state index contributed by atoms with van der Waals surface area (Å²) in [5.74, 6) is -0.392. The Morgan fingerprint density at radius 1 is 0.879 bits per heavy atom. The molecule has 2 N–H and O–H groups in total. The monoisotopic (exact) mass is 468 g/mol. The van der Waals surface area contributed by atoms with Gasteiger partial charge < -0.3 is 14.8 Å². The second-order valence-electron chi connectivity index (χ2n) is 7.02. The van der Waals surface area contributed by atoms with Crippen molar-refractivity contribution in [1.29, 1.82) is 0 Å². The van der Waals surface area contributed by atoms with E-state index >= 15 is 0 Å². The zero-order valence-corrected chi connectivity index (χ0v) is 18.8. The van der Waals surface area contributed by atoms with Gasteiger partial charge in [-0.25, -0.2) is 13.2 Å². The second-order valence-corrected chi connectivity index (χ2v) is 8.70. The van der Waals surface area contributed by atoms with Gasteiger partial charge in [-0.15, -0.1) is 0 Å². The van der Waals surface area contributed by atoms with Gasteiger partial charge >= 0.3 is 5.97 Å². The number of benzene rings is 3. The van der Waals surface area contributed by atoms with Gasteiger partial charge in [-0.05, 0) is 60.5 Å².